The van der Waals surface area contributed by atoms with Gasteiger partial charge in [0.2, 0.25) is 0 Å². The van der Waals surface area contributed by atoms with Gasteiger partial charge < -0.3 is 4.42 Å². The van der Waals surface area contributed by atoms with Gasteiger partial charge >= 0.3 is 0 Å². The largest absolute Gasteiger partial charge is 0.464 e. The molecule has 2 rings (SSSR count). The fraction of sp³-hybridized carbons (Fsp3) is 0. The third-order valence-corrected chi connectivity index (χ3v) is 1.96. The molecular weight excluding hydrogens is 216 g/mol. The SMILES string of the molecule is [2H]c1oc(-c2cccc(Br)c2)c([2H])c1[2H]. The van der Waals surface area contributed by atoms with E-state index in [1.165, 1.54) is 0 Å². The van der Waals surface area contributed by atoms with E-state index in [1.807, 2.05) is 12.1 Å². The molecule has 0 atom stereocenters. The highest BCUT2D eigenvalue weighted by atomic mass is 79.9. The van der Waals surface area contributed by atoms with Crippen molar-refractivity contribution < 1.29 is 8.53 Å². The molecule has 0 fully saturated rings. The van der Waals surface area contributed by atoms with Gasteiger partial charge in [-0.25, -0.2) is 0 Å². The molecule has 0 unspecified atom stereocenters. The number of hydrogen-bond donors (Lipinski definition) is 0. The van der Waals surface area contributed by atoms with E-state index in [0.717, 1.165) is 4.47 Å². The van der Waals surface area contributed by atoms with Gasteiger partial charge in [0, 0.05) is 10.0 Å². The summed E-state index contributed by atoms with van der Waals surface area (Å²) >= 11 is 3.31. The van der Waals surface area contributed by atoms with E-state index in [1.54, 1.807) is 12.1 Å². The molecule has 12 heavy (non-hydrogen) atoms. The molecule has 1 nitrogen and oxygen atoms in total. The second-order valence-electron chi connectivity index (χ2n) is 2.29. The lowest BCUT2D eigenvalue weighted by atomic mass is 10.2. The van der Waals surface area contributed by atoms with Crippen LogP contribution in [0.1, 0.15) is 4.11 Å². The van der Waals surface area contributed by atoms with Gasteiger partial charge in [0.15, 0.2) is 0 Å². The van der Waals surface area contributed by atoms with Gasteiger partial charge in [-0.3, -0.25) is 0 Å². The summed E-state index contributed by atoms with van der Waals surface area (Å²) in [4.78, 5) is 0. The maximum Gasteiger partial charge on any atom is 0.133 e. The Kier molecular flexibility index (Phi) is 1.28. The first-order valence-electron chi connectivity index (χ1n) is 4.92. The van der Waals surface area contributed by atoms with Gasteiger partial charge in [0.1, 0.15) is 7.13 Å². The van der Waals surface area contributed by atoms with E-state index in [4.69, 9.17) is 8.53 Å². The molecule has 0 saturated carbocycles. The van der Waals surface area contributed by atoms with E-state index >= 15 is 0 Å². The summed E-state index contributed by atoms with van der Waals surface area (Å²) in [5.41, 5.74) is 0.696. The third kappa shape index (κ3) is 1.43. The molecular formula is C10H7BrO. The second-order valence-corrected chi connectivity index (χ2v) is 3.21. The molecule has 60 valence electrons. The molecule has 0 radical (unpaired) electrons. The van der Waals surface area contributed by atoms with Crippen LogP contribution >= 0.6 is 15.9 Å². The first kappa shape index (κ1) is 4.87. The summed E-state index contributed by atoms with van der Waals surface area (Å²) in [5, 5.41) is 0. The van der Waals surface area contributed by atoms with Crippen molar-refractivity contribution in [2.45, 2.75) is 0 Å². The first-order chi connectivity index (χ1) is 7.09. The van der Waals surface area contributed by atoms with Crippen LogP contribution in [0.4, 0.5) is 0 Å². The zero-order chi connectivity index (χ0) is 11.0. The number of hydrogen-bond acceptors (Lipinski definition) is 1. The molecule has 0 bridgehead atoms. The Balaban J connectivity index is 2.59. The monoisotopic (exact) mass is 225 g/mol. The summed E-state index contributed by atoms with van der Waals surface area (Å²) in [6.45, 7) is 0. The van der Waals surface area contributed by atoms with Crippen molar-refractivity contribution in [2.75, 3.05) is 0 Å². The average molecular weight is 226 g/mol. The molecule has 0 aliphatic carbocycles. The maximum absolute atomic E-state index is 7.61. The number of benzene rings is 1. The van der Waals surface area contributed by atoms with Crippen LogP contribution in [0.5, 0.6) is 0 Å². The van der Waals surface area contributed by atoms with Crippen LogP contribution in [-0.2, 0) is 0 Å². The summed E-state index contributed by atoms with van der Waals surface area (Å²) in [6.07, 6.45) is -0.269. The Morgan fingerprint density at radius 3 is 3.00 bits per heavy atom. The Labute approximate surface area is 83.4 Å². The van der Waals surface area contributed by atoms with Gasteiger partial charge in [-0.1, -0.05) is 28.1 Å². The first-order valence-corrected chi connectivity index (χ1v) is 4.21. The van der Waals surface area contributed by atoms with Gasteiger partial charge in [0.05, 0.1) is 8.98 Å². The van der Waals surface area contributed by atoms with E-state index in [2.05, 4.69) is 15.9 Å². The van der Waals surface area contributed by atoms with Crippen LogP contribution in [0.15, 0.2) is 51.5 Å². The van der Waals surface area contributed by atoms with Crippen molar-refractivity contribution in [3.05, 3.63) is 47.1 Å². The lowest BCUT2D eigenvalue weighted by Crippen LogP contribution is -1.71. The summed E-state index contributed by atoms with van der Waals surface area (Å²) < 4.78 is 28.2. The number of halogens is 1. The Morgan fingerprint density at radius 2 is 2.33 bits per heavy atom. The lowest BCUT2D eigenvalue weighted by molar-refractivity contribution is 0.582. The van der Waals surface area contributed by atoms with Crippen molar-refractivity contribution in [1.29, 1.82) is 0 Å². The van der Waals surface area contributed by atoms with Gasteiger partial charge in [0.25, 0.3) is 0 Å². The topological polar surface area (TPSA) is 13.1 Å². The Morgan fingerprint density at radius 1 is 1.42 bits per heavy atom. The van der Waals surface area contributed by atoms with E-state index in [-0.39, 0.29) is 24.1 Å². The molecule has 1 aromatic carbocycles. The van der Waals surface area contributed by atoms with Gasteiger partial charge in [-0.15, -0.1) is 0 Å². The molecule has 2 heteroatoms. The normalized spacial score (nSPS) is 13.6. The summed E-state index contributed by atoms with van der Waals surface area (Å²) in [5.74, 6) is 0.270. The Hall–Kier alpha value is -1.02. The molecule has 0 N–H and O–H groups in total. The molecule has 0 aliphatic heterocycles. The van der Waals surface area contributed by atoms with Crippen LogP contribution < -0.4 is 0 Å². The summed E-state index contributed by atoms with van der Waals surface area (Å²) in [7, 11) is 0. The molecule has 0 amide bonds. The molecule has 0 aliphatic rings. The van der Waals surface area contributed by atoms with Crippen molar-refractivity contribution in [2.24, 2.45) is 0 Å². The quantitative estimate of drug-likeness (QED) is 0.722. The van der Waals surface area contributed by atoms with Crippen LogP contribution in [-0.4, -0.2) is 0 Å². The van der Waals surface area contributed by atoms with Crippen molar-refractivity contribution in [3.63, 3.8) is 0 Å². The zero-order valence-electron chi connectivity index (χ0n) is 9.10. The van der Waals surface area contributed by atoms with Crippen molar-refractivity contribution in [1.82, 2.24) is 0 Å². The minimum Gasteiger partial charge on any atom is -0.464 e. The fourth-order valence-electron chi connectivity index (χ4n) is 0.945. The fourth-order valence-corrected chi connectivity index (χ4v) is 1.34. The maximum atomic E-state index is 7.61. The molecule has 0 saturated heterocycles. The van der Waals surface area contributed by atoms with E-state index < -0.39 is 0 Å². The van der Waals surface area contributed by atoms with Crippen molar-refractivity contribution >= 4 is 15.9 Å². The highest BCUT2D eigenvalue weighted by Crippen LogP contribution is 2.22. The minimum absolute atomic E-state index is 0.0434. The third-order valence-electron chi connectivity index (χ3n) is 1.47. The second kappa shape index (κ2) is 3.15. The van der Waals surface area contributed by atoms with Gasteiger partial charge in [-0.05, 0) is 24.2 Å². The number of rotatable bonds is 1. The molecule has 1 aromatic heterocycles. The van der Waals surface area contributed by atoms with Crippen LogP contribution in [0.3, 0.4) is 0 Å². The summed E-state index contributed by atoms with van der Waals surface area (Å²) in [6, 6.07) is 7.02. The van der Waals surface area contributed by atoms with Gasteiger partial charge in [-0.2, -0.15) is 0 Å². The van der Waals surface area contributed by atoms with E-state index in [9.17, 15) is 0 Å². The zero-order valence-corrected chi connectivity index (χ0v) is 7.68. The van der Waals surface area contributed by atoms with Crippen LogP contribution in [0.2, 0.25) is 0 Å². The van der Waals surface area contributed by atoms with Crippen LogP contribution in [0.25, 0.3) is 11.3 Å². The Bertz CT molecular complexity index is 507. The average Bonchev–Trinajstić information content (AvgIpc) is 2.46. The molecule has 1 heterocycles. The highest BCUT2D eigenvalue weighted by molar-refractivity contribution is 9.10. The van der Waals surface area contributed by atoms with E-state index in [0.29, 0.717) is 5.56 Å². The van der Waals surface area contributed by atoms with Crippen LogP contribution in [0, 0.1) is 0 Å². The standard InChI is InChI=1S/C10H7BrO/c11-9-4-1-3-8(7-9)10-5-2-6-12-10/h1-7H/i2D,5D,6D. The number of furan rings is 1. The predicted molar refractivity (Wildman–Crippen MR) is 51.8 cm³/mol. The minimum atomic E-state index is -0.269. The predicted octanol–water partition coefficient (Wildman–Crippen LogP) is 3.71. The molecule has 0 spiro atoms. The molecule has 2 aromatic rings. The van der Waals surface area contributed by atoms with Crippen molar-refractivity contribution in [3.8, 4) is 11.3 Å². The lowest BCUT2D eigenvalue weighted by Gasteiger charge is -1.95. The highest BCUT2D eigenvalue weighted by Gasteiger charge is 1.98. The smallest absolute Gasteiger partial charge is 0.133 e.